The molecule has 2 aliphatic carbocycles. The maximum Gasteiger partial charge on any atom is 0.315 e. The largest absolute Gasteiger partial charge is 0.711 e. The van der Waals surface area contributed by atoms with E-state index < -0.39 is 0 Å². The molecule has 2 atom stereocenters. The second-order valence-electron chi connectivity index (χ2n) is 6.62. The standard InChI is InChI=1S/C17H21N3O2/c1-12-9-15(12)16-6-5-14(22-16)10-19(13-3-4-13)11-17-18-7-2-8-20(17)21/h2,5-8,12-13,15H,3-4,9-11H2,1H3/t12-,15-/m1/s1. The van der Waals surface area contributed by atoms with Gasteiger partial charge >= 0.3 is 5.82 Å². The van der Waals surface area contributed by atoms with E-state index in [0.717, 1.165) is 28.7 Å². The van der Waals surface area contributed by atoms with Crippen molar-refractivity contribution in [1.29, 1.82) is 0 Å². The van der Waals surface area contributed by atoms with Gasteiger partial charge < -0.3 is 9.62 Å². The highest BCUT2D eigenvalue weighted by atomic mass is 16.5. The number of nitrogens with zero attached hydrogens (tertiary/aromatic N) is 3. The van der Waals surface area contributed by atoms with Crippen molar-refractivity contribution in [2.75, 3.05) is 0 Å². The third-order valence-corrected chi connectivity index (χ3v) is 4.71. The maximum absolute atomic E-state index is 11.8. The van der Waals surface area contributed by atoms with Crippen LogP contribution >= 0.6 is 0 Å². The Hall–Kier alpha value is -1.88. The molecule has 0 radical (unpaired) electrons. The monoisotopic (exact) mass is 299 g/mol. The van der Waals surface area contributed by atoms with Crippen LogP contribution in [0.5, 0.6) is 0 Å². The Labute approximate surface area is 130 Å². The summed E-state index contributed by atoms with van der Waals surface area (Å²) in [6, 6.07) is 6.41. The smallest absolute Gasteiger partial charge is 0.315 e. The molecule has 5 heteroatoms. The molecule has 0 amide bonds. The van der Waals surface area contributed by atoms with Crippen LogP contribution in [0.2, 0.25) is 0 Å². The molecule has 2 heterocycles. The van der Waals surface area contributed by atoms with Gasteiger partial charge in [-0.05, 0) is 37.3 Å². The van der Waals surface area contributed by atoms with Crippen molar-refractivity contribution in [2.24, 2.45) is 5.92 Å². The zero-order valence-corrected chi connectivity index (χ0v) is 12.8. The van der Waals surface area contributed by atoms with Crippen LogP contribution in [0.1, 0.15) is 49.4 Å². The lowest BCUT2D eigenvalue weighted by Gasteiger charge is -2.19. The molecule has 2 saturated carbocycles. The summed E-state index contributed by atoms with van der Waals surface area (Å²) in [5.41, 5.74) is 0. The second-order valence-corrected chi connectivity index (χ2v) is 6.62. The van der Waals surface area contributed by atoms with Gasteiger partial charge in [-0.1, -0.05) is 11.9 Å². The lowest BCUT2D eigenvalue weighted by Crippen LogP contribution is -2.37. The van der Waals surface area contributed by atoms with Crippen LogP contribution in [0.4, 0.5) is 0 Å². The third-order valence-electron chi connectivity index (χ3n) is 4.71. The molecule has 2 fully saturated rings. The van der Waals surface area contributed by atoms with Crippen molar-refractivity contribution in [1.82, 2.24) is 9.88 Å². The van der Waals surface area contributed by atoms with Gasteiger partial charge in [0, 0.05) is 18.0 Å². The zero-order chi connectivity index (χ0) is 15.1. The van der Waals surface area contributed by atoms with Gasteiger partial charge in [0.2, 0.25) is 0 Å². The number of hydrogen-bond donors (Lipinski definition) is 0. The maximum atomic E-state index is 11.8. The fourth-order valence-corrected chi connectivity index (χ4v) is 3.03. The summed E-state index contributed by atoms with van der Waals surface area (Å²) < 4.78 is 6.86. The molecule has 116 valence electrons. The number of aromatic nitrogens is 2. The third kappa shape index (κ3) is 2.86. The summed E-state index contributed by atoms with van der Waals surface area (Å²) in [6.07, 6.45) is 6.81. The molecule has 0 bridgehead atoms. The van der Waals surface area contributed by atoms with Gasteiger partial charge in [0.15, 0.2) is 0 Å². The van der Waals surface area contributed by atoms with Gasteiger partial charge in [-0.2, -0.15) is 0 Å². The first-order valence-electron chi connectivity index (χ1n) is 8.06. The normalized spacial score (nSPS) is 23.9. The molecule has 22 heavy (non-hydrogen) atoms. The Morgan fingerprint density at radius 3 is 2.86 bits per heavy atom. The van der Waals surface area contributed by atoms with E-state index in [4.69, 9.17) is 4.42 Å². The molecule has 0 spiro atoms. The summed E-state index contributed by atoms with van der Waals surface area (Å²) in [6.45, 7) is 3.59. The van der Waals surface area contributed by atoms with Crippen molar-refractivity contribution < 1.29 is 9.15 Å². The summed E-state index contributed by atoms with van der Waals surface area (Å²) in [5.74, 6) is 4.04. The van der Waals surface area contributed by atoms with E-state index in [9.17, 15) is 5.21 Å². The molecule has 2 aromatic heterocycles. The highest BCUT2D eigenvalue weighted by Crippen LogP contribution is 2.47. The van der Waals surface area contributed by atoms with Crippen LogP contribution in [-0.2, 0) is 13.1 Å². The van der Waals surface area contributed by atoms with E-state index in [-0.39, 0.29) is 0 Å². The topological polar surface area (TPSA) is 56.2 Å². The van der Waals surface area contributed by atoms with Gasteiger partial charge in [0.05, 0.1) is 12.7 Å². The molecule has 0 saturated heterocycles. The first-order chi connectivity index (χ1) is 10.7. The molecular weight excluding hydrogens is 278 g/mol. The van der Waals surface area contributed by atoms with Crippen LogP contribution in [0.15, 0.2) is 35.0 Å². The molecule has 0 aliphatic heterocycles. The van der Waals surface area contributed by atoms with Crippen LogP contribution < -0.4 is 4.73 Å². The van der Waals surface area contributed by atoms with Crippen LogP contribution in [0.25, 0.3) is 0 Å². The predicted octanol–water partition coefficient (Wildman–Crippen LogP) is 2.60. The molecule has 2 aromatic rings. The predicted molar refractivity (Wildman–Crippen MR) is 80.7 cm³/mol. The average Bonchev–Trinajstić information content (AvgIpc) is 3.42. The number of hydrogen-bond acceptors (Lipinski definition) is 4. The number of rotatable bonds is 6. The van der Waals surface area contributed by atoms with E-state index in [0.29, 0.717) is 24.3 Å². The van der Waals surface area contributed by atoms with Crippen molar-refractivity contribution in [3.63, 3.8) is 0 Å². The molecule has 0 N–H and O–H groups in total. The summed E-state index contributed by atoms with van der Waals surface area (Å²) in [5, 5.41) is 11.8. The first-order valence-corrected chi connectivity index (χ1v) is 8.06. The van der Waals surface area contributed by atoms with Crippen LogP contribution in [0.3, 0.4) is 0 Å². The minimum Gasteiger partial charge on any atom is -0.711 e. The molecule has 5 nitrogen and oxygen atoms in total. The molecule has 4 rings (SSSR count). The Kier molecular flexibility index (Phi) is 3.37. The second kappa shape index (κ2) is 5.39. The summed E-state index contributed by atoms with van der Waals surface area (Å²) >= 11 is 0. The van der Waals surface area contributed by atoms with E-state index >= 15 is 0 Å². The zero-order valence-electron chi connectivity index (χ0n) is 12.8. The Morgan fingerprint density at radius 2 is 2.18 bits per heavy atom. The lowest BCUT2D eigenvalue weighted by atomic mass is 10.3. The minimum absolute atomic E-state index is 0.551. The Bertz CT molecular complexity index is 665. The molecule has 2 aliphatic rings. The molecular formula is C17H21N3O2. The van der Waals surface area contributed by atoms with Gasteiger partial charge in [0.1, 0.15) is 24.3 Å². The van der Waals surface area contributed by atoms with Crippen molar-refractivity contribution in [2.45, 2.75) is 51.2 Å². The lowest BCUT2D eigenvalue weighted by molar-refractivity contribution is -0.619. The van der Waals surface area contributed by atoms with Crippen molar-refractivity contribution in [3.05, 3.63) is 53.1 Å². The summed E-state index contributed by atoms with van der Waals surface area (Å²) in [7, 11) is 0. The van der Waals surface area contributed by atoms with E-state index in [1.54, 1.807) is 12.3 Å². The van der Waals surface area contributed by atoms with Crippen LogP contribution in [-0.4, -0.2) is 15.9 Å². The fourth-order valence-electron chi connectivity index (χ4n) is 3.03. The van der Waals surface area contributed by atoms with E-state index in [1.807, 2.05) is 0 Å². The van der Waals surface area contributed by atoms with E-state index in [2.05, 4.69) is 28.9 Å². The van der Waals surface area contributed by atoms with Gasteiger partial charge in [0.25, 0.3) is 0 Å². The SMILES string of the molecule is C[C@@H]1C[C@H]1c1ccc(CN(Cc2nccc[n+]2[O-])C2CC2)o1. The Morgan fingerprint density at radius 1 is 1.36 bits per heavy atom. The minimum atomic E-state index is 0.551. The van der Waals surface area contributed by atoms with Crippen LogP contribution in [0, 0.1) is 11.1 Å². The highest BCUT2D eigenvalue weighted by Gasteiger charge is 2.37. The van der Waals surface area contributed by atoms with Gasteiger partial charge in [-0.3, -0.25) is 4.90 Å². The first kappa shape index (κ1) is 13.8. The van der Waals surface area contributed by atoms with Crippen molar-refractivity contribution in [3.8, 4) is 0 Å². The molecule has 0 unspecified atom stereocenters. The van der Waals surface area contributed by atoms with Crippen molar-refractivity contribution >= 4 is 0 Å². The summed E-state index contributed by atoms with van der Waals surface area (Å²) in [4.78, 5) is 6.50. The van der Waals surface area contributed by atoms with Gasteiger partial charge in [-0.25, -0.2) is 4.73 Å². The number of furan rings is 1. The Balaban J connectivity index is 1.46. The fraction of sp³-hybridized carbons (Fsp3) is 0.529. The molecule has 0 aromatic carbocycles. The van der Waals surface area contributed by atoms with E-state index in [1.165, 1.54) is 25.5 Å². The highest BCUT2D eigenvalue weighted by molar-refractivity contribution is 5.17. The van der Waals surface area contributed by atoms with Gasteiger partial charge in [-0.15, -0.1) is 0 Å². The quantitative estimate of drug-likeness (QED) is 0.608. The average molecular weight is 299 g/mol.